The van der Waals surface area contributed by atoms with E-state index in [-0.39, 0.29) is 0 Å². The Kier molecular flexibility index (Phi) is 6.91. The molecule has 2 aromatic carbocycles. The molecule has 0 amide bonds. The molecule has 2 N–H and O–H groups in total. The molecule has 0 spiro atoms. The maximum atomic E-state index is 9.94. The predicted molar refractivity (Wildman–Crippen MR) is 92.2 cm³/mol. The number of hydrogen-bond acceptors (Lipinski definition) is 4. The van der Waals surface area contributed by atoms with Crippen LogP contribution in [0.2, 0.25) is 0 Å². The topological polar surface area (TPSA) is 50.7 Å². The molecule has 0 aromatic heterocycles. The van der Waals surface area contributed by atoms with Gasteiger partial charge in [-0.05, 0) is 55.3 Å². The highest BCUT2D eigenvalue weighted by Crippen LogP contribution is 2.13. The summed E-state index contributed by atoms with van der Waals surface area (Å²) in [6, 6.07) is 15.9. The number of aliphatic hydroxyl groups excluding tert-OH is 1. The smallest absolute Gasteiger partial charge is 0.119 e. The zero-order valence-corrected chi connectivity index (χ0v) is 13.8. The highest BCUT2D eigenvalue weighted by Gasteiger charge is 2.05. The van der Waals surface area contributed by atoms with E-state index in [0.717, 1.165) is 30.0 Å². The number of methoxy groups -OCH3 is 1. The molecule has 124 valence electrons. The van der Waals surface area contributed by atoms with Crippen LogP contribution in [0.5, 0.6) is 11.5 Å². The molecule has 0 aliphatic carbocycles. The fourth-order valence-electron chi connectivity index (χ4n) is 2.25. The van der Waals surface area contributed by atoms with E-state index in [2.05, 4.69) is 17.4 Å². The second kappa shape index (κ2) is 9.18. The summed E-state index contributed by atoms with van der Waals surface area (Å²) in [6.07, 6.45) is 0.390. The Bertz CT molecular complexity index is 583. The minimum absolute atomic E-state index is 0.291. The third kappa shape index (κ3) is 6.30. The quantitative estimate of drug-likeness (QED) is 0.698. The van der Waals surface area contributed by atoms with Gasteiger partial charge in [-0.15, -0.1) is 0 Å². The van der Waals surface area contributed by atoms with Crippen molar-refractivity contribution < 1.29 is 14.6 Å². The molecule has 0 saturated heterocycles. The van der Waals surface area contributed by atoms with Crippen molar-refractivity contribution in [2.75, 3.05) is 26.8 Å². The summed E-state index contributed by atoms with van der Waals surface area (Å²) in [7, 11) is 1.66. The number of nitrogens with one attached hydrogen (secondary N) is 1. The highest BCUT2D eigenvalue weighted by molar-refractivity contribution is 5.28. The maximum absolute atomic E-state index is 9.94. The standard InChI is InChI=1S/C19H25NO3/c1-15-4-3-5-19(12-15)23-14-17(21)13-20-11-10-16-6-8-18(22-2)9-7-16/h3-9,12,17,20-21H,10-11,13-14H2,1-2H3. The fourth-order valence-corrected chi connectivity index (χ4v) is 2.25. The van der Waals surface area contributed by atoms with Crippen LogP contribution in [-0.4, -0.2) is 38.0 Å². The average Bonchev–Trinajstić information content (AvgIpc) is 2.57. The van der Waals surface area contributed by atoms with E-state index >= 15 is 0 Å². The Hall–Kier alpha value is -2.04. The lowest BCUT2D eigenvalue weighted by Gasteiger charge is -2.13. The average molecular weight is 315 g/mol. The van der Waals surface area contributed by atoms with E-state index in [9.17, 15) is 5.11 Å². The summed E-state index contributed by atoms with van der Waals surface area (Å²) in [5.74, 6) is 1.66. The first-order chi connectivity index (χ1) is 11.2. The monoisotopic (exact) mass is 315 g/mol. The number of ether oxygens (including phenoxy) is 2. The molecular weight excluding hydrogens is 290 g/mol. The van der Waals surface area contributed by atoms with Gasteiger partial charge in [-0.2, -0.15) is 0 Å². The summed E-state index contributed by atoms with van der Waals surface area (Å²) in [4.78, 5) is 0. The van der Waals surface area contributed by atoms with Gasteiger partial charge in [-0.3, -0.25) is 0 Å². The lowest BCUT2D eigenvalue weighted by atomic mass is 10.1. The lowest BCUT2D eigenvalue weighted by molar-refractivity contribution is 0.106. The minimum Gasteiger partial charge on any atom is -0.497 e. The number of rotatable bonds is 9. The van der Waals surface area contributed by atoms with Crippen molar-refractivity contribution in [2.24, 2.45) is 0 Å². The summed E-state index contributed by atoms with van der Waals surface area (Å²) < 4.78 is 10.7. The van der Waals surface area contributed by atoms with Crippen molar-refractivity contribution in [3.8, 4) is 11.5 Å². The molecule has 2 rings (SSSR count). The molecule has 0 aliphatic heterocycles. The van der Waals surface area contributed by atoms with Crippen LogP contribution in [0.15, 0.2) is 48.5 Å². The van der Waals surface area contributed by atoms with E-state index in [1.807, 2.05) is 43.3 Å². The third-order valence-corrected chi connectivity index (χ3v) is 3.56. The number of benzene rings is 2. The Morgan fingerprint density at radius 2 is 1.87 bits per heavy atom. The van der Waals surface area contributed by atoms with Gasteiger partial charge >= 0.3 is 0 Å². The lowest BCUT2D eigenvalue weighted by Crippen LogP contribution is -2.32. The first-order valence-corrected chi connectivity index (χ1v) is 7.88. The molecule has 0 bridgehead atoms. The molecule has 0 aliphatic rings. The van der Waals surface area contributed by atoms with E-state index in [4.69, 9.17) is 9.47 Å². The van der Waals surface area contributed by atoms with Crippen molar-refractivity contribution in [2.45, 2.75) is 19.4 Å². The Morgan fingerprint density at radius 1 is 1.09 bits per heavy atom. The zero-order valence-electron chi connectivity index (χ0n) is 13.8. The summed E-state index contributed by atoms with van der Waals surface area (Å²) >= 11 is 0. The Morgan fingerprint density at radius 3 is 2.57 bits per heavy atom. The molecule has 4 heteroatoms. The number of aryl methyl sites for hydroxylation is 1. The highest BCUT2D eigenvalue weighted by atomic mass is 16.5. The van der Waals surface area contributed by atoms with Crippen molar-refractivity contribution in [1.29, 1.82) is 0 Å². The van der Waals surface area contributed by atoms with Crippen LogP contribution in [-0.2, 0) is 6.42 Å². The Balaban J connectivity index is 1.61. The van der Waals surface area contributed by atoms with Gasteiger partial charge in [0, 0.05) is 6.54 Å². The Labute approximate surface area is 138 Å². The van der Waals surface area contributed by atoms with E-state index < -0.39 is 6.10 Å². The zero-order chi connectivity index (χ0) is 16.5. The van der Waals surface area contributed by atoms with Crippen LogP contribution in [0.25, 0.3) is 0 Å². The minimum atomic E-state index is -0.522. The molecule has 1 unspecified atom stereocenters. The van der Waals surface area contributed by atoms with Crippen molar-refractivity contribution in [1.82, 2.24) is 5.32 Å². The summed E-state index contributed by atoms with van der Waals surface area (Å²) in [5, 5.41) is 13.2. The van der Waals surface area contributed by atoms with Gasteiger partial charge in [-0.1, -0.05) is 24.3 Å². The maximum Gasteiger partial charge on any atom is 0.119 e. The SMILES string of the molecule is COc1ccc(CCNCC(O)COc2cccc(C)c2)cc1. The van der Waals surface area contributed by atoms with E-state index in [1.54, 1.807) is 7.11 Å². The van der Waals surface area contributed by atoms with Crippen molar-refractivity contribution in [3.05, 3.63) is 59.7 Å². The molecule has 0 radical (unpaired) electrons. The van der Waals surface area contributed by atoms with Crippen molar-refractivity contribution >= 4 is 0 Å². The van der Waals surface area contributed by atoms with Gasteiger partial charge in [-0.25, -0.2) is 0 Å². The van der Waals surface area contributed by atoms with Crippen LogP contribution in [0.4, 0.5) is 0 Å². The molecule has 0 fully saturated rings. The second-order valence-electron chi connectivity index (χ2n) is 5.58. The fraction of sp³-hybridized carbons (Fsp3) is 0.368. The molecule has 23 heavy (non-hydrogen) atoms. The molecular formula is C19H25NO3. The molecule has 0 saturated carbocycles. The first kappa shape index (κ1) is 17.3. The normalized spacial score (nSPS) is 12.0. The van der Waals surface area contributed by atoms with Gasteiger partial charge in [0.2, 0.25) is 0 Å². The van der Waals surface area contributed by atoms with Crippen LogP contribution >= 0.6 is 0 Å². The summed E-state index contributed by atoms with van der Waals surface area (Å²) in [6.45, 7) is 3.64. The molecule has 4 nitrogen and oxygen atoms in total. The van der Waals surface area contributed by atoms with E-state index in [0.29, 0.717) is 13.2 Å². The molecule has 0 heterocycles. The molecule has 1 atom stereocenters. The van der Waals surface area contributed by atoms with Gasteiger partial charge in [0.05, 0.1) is 7.11 Å². The number of aliphatic hydroxyl groups is 1. The van der Waals surface area contributed by atoms with E-state index in [1.165, 1.54) is 5.56 Å². The van der Waals surface area contributed by atoms with Crippen LogP contribution < -0.4 is 14.8 Å². The molecule has 2 aromatic rings. The van der Waals surface area contributed by atoms with Gasteiger partial charge in [0.15, 0.2) is 0 Å². The van der Waals surface area contributed by atoms with Crippen LogP contribution in [0, 0.1) is 6.92 Å². The van der Waals surface area contributed by atoms with Crippen LogP contribution in [0.1, 0.15) is 11.1 Å². The van der Waals surface area contributed by atoms with Gasteiger partial charge in [0.25, 0.3) is 0 Å². The predicted octanol–water partition coefficient (Wildman–Crippen LogP) is 2.58. The third-order valence-electron chi connectivity index (χ3n) is 3.56. The van der Waals surface area contributed by atoms with Gasteiger partial charge in [0.1, 0.15) is 24.2 Å². The summed E-state index contributed by atoms with van der Waals surface area (Å²) in [5.41, 5.74) is 2.39. The first-order valence-electron chi connectivity index (χ1n) is 7.88. The number of hydrogen-bond donors (Lipinski definition) is 2. The van der Waals surface area contributed by atoms with Crippen molar-refractivity contribution in [3.63, 3.8) is 0 Å². The van der Waals surface area contributed by atoms with Gasteiger partial charge < -0.3 is 19.9 Å². The second-order valence-corrected chi connectivity index (χ2v) is 5.58. The largest absolute Gasteiger partial charge is 0.497 e. The van der Waals surface area contributed by atoms with Crippen LogP contribution in [0.3, 0.4) is 0 Å².